The van der Waals surface area contributed by atoms with Crippen LogP contribution in [0.25, 0.3) is 0 Å². The van der Waals surface area contributed by atoms with Crippen molar-refractivity contribution in [3.63, 3.8) is 0 Å². The molecule has 0 spiro atoms. The molecule has 0 aliphatic heterocycles. The van der Waals surface area contributed by atoms with E-state index in [-0.39, 0.29) is 6.04 Å². The van der Waals surface area contributed by atoms with Crippen LogP contribution in [0.4, 0.5) is 0 Å². The fraction of sp³-hybridized carbons (Fsp3) is 1.00. The third-order valence-electron chi connectivity index (χ3n) is 2.28. The van der Waals surface area contributed by atoms with Crippen molar-refractivity contribution in [3.05, 3.63) is 0 Å². The summed E-state index contributed by atoms with van der Waals surface area (Å²) in [6, 6.07) is 0.194. The first-order valence-electron chi connectivity index (χ1n) is 5.77. The van der Waals surface area contributed by atoms with Gasteiger partial charge in [-0.2, -0.15) is 0 Å². The zero-order valence-electron chi connectivity index (χ0n) is 9.63. The molecule has 2 atom stereocenters. The van der Waals surface area contributed by atoms with Gasteiger partial charge in [-0.05, 0) is 19.8 Å². The molecule has 0 radical (unpaired) electrons. The molecule has 0 bridgehead atoms. The predicted octanol–water partition coefficient (Wildman–Crippen LogP) is 2.44. The van der Waals surface area contributed by atoms with Crippen LogP contribution in [0.15, 0.2) is 0 Å². The topological polar surface area (TPSA) is 43.1 Å². The van der Waals surface area contributed by atoms with Gasteiger partial charge in [0.1, 0.15) is 0 Å². The molecule has 0 aromatic heterocycles. The molecule has 0 heterocycles. The highest BCUT2D eigenvalue weighted by atomic mass is 32.2. The zero-order valence-corrected chi connectivity index (χ0v) is 10.4. The molecule has 0 aromatic rings. The molecule has 0 aromatic carbocycles. The van der Waals surface area contributed by atoms with Gasteiger partial charge < -0.3 is 5.73 Å². The Hall–Kier alpha value is 0.110. The van der Waals surface area contributed by atoms with E-state index in [0.29, 0.717) is 0 Å². The van der Waals surface area contributed by atoms with Gasteiger partial charge in [-0.25, -0.2) is 0 Å². The third-order valence-corrected chi connectivity index (χ3v) is 3.71. The van der Waals surface area contributed by atoms with Gasteiger partial charge in [0, 0.05) is 28.3 Å². The van der Waals surface area contributed by atoms with E-state index in [1.807, 2.05) is 6.92 Å². The van der Waals surface area contributed by atoms with Gasteiger partial charge in [-0.1, -0.05) is 32.6 Å². The molecule has 0 aliphatic carbocycles. The van der Waals surface area contributed by atoms with Gasteiger partial charge in [0.25, 0.3) is 0 Å². The lowest BCUT2D eigenvalue weighted by Gasteiger charge is -2.04. The van der Waals surface area contributed by atoms with E-state index in [4.69, 9.17) is 5.73 Å². The van der Waals surface area contributed by atoms with Crippen LogP contribution < -0.4 is 5.73 Å². The predicted molar refractivity (Wildman–Crippen MR) is 64.9 cm³/mol. The van der Waals surface area contributed by atoms with Gasteiger partial charge in [-0.15, -0.1) is 0 Å². The van der Waals surface area contributed by atoms with Crippen LogP contribution in [0.2, 0.25) is 0 Å². The molecule has 0 fully saturated rings. The second kappa shape index (κ2) is 9.66. The summed E-state index contributed by atoms with van der Waals surface area (Å²) >= 11 is 0. The van der Waals surface area contributed by atoms with Crippen LogP contribution in [-0.2, 0) is 10.8 Å². The molecular weight excluding hydrogens is 194 g/mol. The molecule has 0 saturated carbocycles. The highest BCUT2D eigenvalue weighted by Gasteiger charge is 2.01. The minimum Gasteiger partial charge on any atom is -0.328 e. The number of nitrogens with two attached hydrogens (primary N) is 1. The molecule has 86 valence electrons. The van der Waals surface area contributed by atoms with Crippen LogP contribution in [-0.4, -0.2) is 21.8 Å². The van der Waals surface area contributed by atoms with Crippen molar-refractivity contribution in [3.8, 4) is 0 Å². The standard InChI is InChI=1S/C11H25NOS/c1-3-4-5-6-7-9-14(13)10-8-11(2)12/h11H,3-10,12H2,1-2H3. The summed E-state index contributed by atoms with van der Waals surface area (Å²) in [5.74, 6) is 1.65. The van der Waals surface area contributed by atoms with Crippen molar-refractivity contribution >= 4 is 10.8 Å². The summed E-state index contributed by atoms with van der Waals surface area (Å²) in [5, 5.41) is 0. The molecule has 0 amide bonds. The summed E-state index contributed by atoms with van der Waals surface area (Å²) in [7, 11) is -0.626. The van der Waals surface area contributed by atoms with Crippen LogP contribution in [0.5, 0.6) is 0 Å². The van der Waals surface area contributed by atoms with Gasteiger partial charge in [0.15, 0.2) is 0 Å². The lowest BCUT2D eigenvalue weighted by Crippen LogP contribution is -2.18. The van der Waals surface area contributed by atoms with E-state index in [1.165, 1.54) is 25.7 Å². The van der Waals surface area contributed by atoms with Crippen LogP contribution in [0.1, 0.15) is 52.4 Å². The summed E-state index contributed by atoms with van der Waals surface area (Å²) in [4.78, 5) is 0. The van der Waals surface area contributed by atoms with E-state index in [9.17, 15) is 4.21 Å². The molecule has 0 rings (SSSR count). The summed E-state index contributed by atoms with van der Waals surface area (Å²) in [5.41, 5.74) is 5.60. The van der Waals surface area contributed by atoms with Crippen molar-refractivity contribution in [1.82, 2.24) is 0 Å². The average molecular weight is 219 g/mol. The fourth-order valence-corrected chi connectivity index (χ4v) is 2.65. The Labute approximate surface area is 91.1 Å². The second-order valence-corrected chi connectivity index (χ2v) is 5.72. The van der Waals surface area contributed by atoms with Crippen molar-refractivity contribution in [2.45, 2.75) is 58.4 Å². The van der Waals surface area contributed by atoms with E-state index in [0.717, 1.165) is 24.3 Å². The van der Waals surface area contributed by atoms with Crippen molar-refractivity contribution in [2.75, 3.05) is 11.5 Å². The minimum atomic E-state index is -0.626. The van der Waals surface area contributed by atoms with Gasteiger partial charge in [0.2, 0.25) is 0 Å². The first kappa shape index (κ1) is 14.1. The smallest absolute Gasteiger partial charge is 0.0249 e. The molecule has 2 nitrogen and oxygen atoms in total. The molecule has 0 saturated heterocycles. The fourth-order valence-electron chi connectivity index (χ4n) is 1.29. The Balaban J connectivity index is 3.18. The Morgan fingerprint density at radius 2 is 1.79 bits per heavy atom. The SMILES string of the molecule is CCCCCCCS(=O)CCC(C)N. The van der Waals surface area contributed by atoms with Crippen LogP contribution in [0.3, 0.4) is 0 Å². The number of rotatable bonds is 9. The quantitative estimate of drug-likeness (QED) is 0.605. The zero-order chi connectivity index (χ0) is 10.8. The maximum Gasteiger partial charge on any atom is 0.0249 e. The minimum absolute atomic E-state index is 0.194. The normalized spacial score (nSPS) is 15.4. The Morgan fingerprint density at radius 1 is 1.14 bits per heavy atom. The summed E-state index contributed by atoms with van der Waals surface area (Å²) in [6.07, 6.45) is 7.12. The van der Waals surface area contributed by atoms with Crippen molar-refractivity contribution < 1.29 is 4.21 Å². The summed E-state index contributed by atoms with van der Waals surface area (Å²) < 4.78 is 11.4. The van der Waals surface area contributed by atoms with Gasteiger partial charge >= 0.3 is 0 Å². The maximum atomic E-state index is 11.4. The first-order valence-corrected chi connectivity index (χ1v) is 7.26. The average Bonchev–Trinajstić information content (AvgIpc) is 2.14. The maximum absolute atomic E-state index is 11.4. The number of hydrogen-bond donors (Lipinski definition) is 1. The van der Waals surface area contributed by atoms with Crippen molar-refractivity contribution in [2.24, 2.45) is 5.73 Å². The van der Waals surface area contributed by atoms with E-state index >= 15 is 0 Å². The molecule has 2 N–H and O–H groups in total. The molecule has 2 unspecified atom stereocenters. The Kier molecular flexibility index (Phi) is 9.73. The third kappa shape index (κ3) is 10.2. The molecular formula is C11H25NOS. The van der Waals surface area contributed by atoms with Crippen LogP contribution >= 0.6 is 0 Å². The molecule has 3 heteroatoms. The largest absolute Gasteiger partial charge is 0.328 e. The highest BCUT2D eigenvalue weighted by Crippen LogP contribution is 2.04. The Bertz CT molecular complexity index is 148. The highest BCUT2D eigenvalue weighted by molar-refractivity contribution is 7.84. The second-order valence-electron chi connectivity index (χ2n) is 4.03. The van der Waals surface area contributed by atoms with E-state index in [2.05, 4.69) is 6.92 Å². The lowest BCUT2D eigenvalue weighted by atomic mass is 10.2. The lowest BCUT2D eigenvalue weighted by molar-refractivity contribution is 0.642. The first-order chi connectivity index (χ1) is 6.66. The van der Waals surface area contributed by atoms with Gasteiger partial charge in [-0.3, -0.25) is 4.21 Å². The van der Waals surface area contributed by atoms with Crippen molar-refractivity contribution in [1.29, 1.82) is 0 Å². The van der Waals surface area contributed by atoms with E-state index < -0.39 is 10.8 Å². The van der Waals surface area contributed by atoms with Gasteiger partial charge in [0.05, 0.1) is 0 Å². The Morgan fingerprint density at radius 3 is 2.36 bits per heavy atom. The number of unbranched alkanes of at least 4 members (excludes halogenated alkanes) is 4. The monoisotopic (exact) mass is 219 g/mol. The number of hydrogen-bond acceptors (Lipinski definition) is 2. The summed E-state index contributed by atoms with van der Waals surface area (Å²) in [6.45, 7) is 4.18. The van der Waals surface area contributed by atoms with Crippen LogP contribution in [0, 0.1) is 0 Å². The van der Waals surface area contributed by atoms with E-state index in [1.54, 1.807) is 0 Å². The molecule has 0 aliphatic rings. The molecule has 14 heavy (non-hydrogen) atoms.